The number of rotatable bonds is 6. The predicted octanol–water partition coefficient (Wildman–Crippen LogP) is 1.58. The van der Waals surface area contributed by atoms with Gasteiger partial charge in [-0.3, -0.25) is 0 Å². The maximum Gasteiger partial charge on any atom is 0.180 e. The van der Waals surface area contributed by atoms with E-state index in [4.69, 9.17) is 5.73 Å². The van der Waals surface area contributed by atoms with Gasteiger partial charge in [0.15, 0.2) is 5.82 Å². The molecule has 0 saturated heterocycles. The second kappa shape index (κ2) is 6.93. The number of hydrogen-bond acceptors (Lipinski definition) is 5. The molecule has 0 saturated carbocycles. The highest BCUT2D eigenvalue weighted by Crippen LogP contribution is 2.29. The zero-order chi connectivity index (χ0) is 15.2. The van der Waals surface area contributed by atoms with Crippen molar-refractivity contribution in [3.8, 4) is 22.5 Å². The molecule has 0 aliphatic rings. The molecule has 0 bridgehead atoms. The Balaban J connectivity index is 1.86. The van der Waals surface area contributed by atoms with Gasteiger partial charge in [0.1, 0.15) is 0 Å². The van der Waals surface area contributed by atoms with Crippen LogP contribution in [0.2, 0.25) is 0 Å². The highest BCUT2D eigenvalue weighted by atomic mass is 15.5. The summed E-state index contributed by atoms with van der Waals surface area (Å²) in [5.41, 5.74) is 9.93. The zero-order valence-corrected chi connectivity index (χ0v) is 12.2. The lowest BCUT2D eigenvalue weighted by Crippen LogP contribution is -2.21. The number of benzene rings is 2. The Bertz CT molecular complexity index is 706. The summed E-state index contributed by atoms with van der Waals surface area (Å²) in [5.74, 6) is 0.671. The number of nitrogens with one attached hydrogen (secondary N) is 2. The van der Waals surface area contributed by atoms with Crippen molar-refractivity contribution in [3.63, 3.8) is 0 Å². The van der Waals surface area contributed by atoms with Crippen LogP contribution in [-0.2, 0) is 6.54 Å². The van der Waals surface area contributed by atoms with Gasteiger partial charge >= 0.3 is 0 Å². The van der Waals surface area contributed by atoms with E-state index in [0.29, 0.717) is 12.4 Å². The van der Waals surface area contributed by atoms with Crippen LogP contribution < -0.4 is 11.1 Å². The first-order valence-corrected chi connectivity index (χ1v) is 7.21. The first-order valence-electron chi connectivity index (χ1n) is 7.21. The number of nitrogens with two attached hydrogens (primary N) is 1. The van der Waals surface area contributed by atoms with Crippen LogP contribution in [0.5, 0.6) is 0 Å². The minimum atomic E-state index is 0.649. The van der Waals surface area contributed by atoms with Gasteiger partial charge in [0.2, 0.25) is 0 Å². The molecule has 22 heavy (non-hydrogen) atoms. The fraction of sp³-hybridized carbons (Fsp3) is 0.188. The van der Waals surface area contributed by atoms with E-state index in [9.17, 15) is 0 Å². The maximum absolute atomic E-state index is 5.47. The van der Waals surface area contributed by atoms with E-state index in [-0.39, 0.29) is 0 Å². The number of aromatic amines is 1. The quantitative estimate of drug-likeness (QED) is 0.600. The maximum atomic E-state index is 5.47. The molecule has 4 N–H and O–H groups in total. The second-order valence-corrected chi connectivity index (χ2v) is 4.96. The van der Waals surface area contributed by atoms with Crippen molar-refractivity contribution in [2.45, 2.75) is 6.54 Å². The van der Waals surface area contributed by atoms with E-state index in [1.165, 1.54) is 5.56 Å². The lowest BCUT2D eigenvalue weighted by molar-refractivity contribution is 0.695. The SMILES string of the molecule is NCCNCc1ccc(-c2ccccc2-c2nnn[nH]2)cc1. The molecular formula is C16H18N6. The van der Waals surface area contributed by atoms with E-state index in [0.717, 1.165) is 29.8 Å². The van der Waals surface area contributed by atoms with Crippen molar-refractivity contribution in [2.24, 2.45) is 5.73 Å². The molecule has 3 rings (SSSR count). The lowest BCUT2D eigenvalue weighted by Gasteiger charge is -2.08. The fourth-order valence-electron chi connectivity index (χ4n) is 2.35. The van der Waals surface area contributed by atoms with E-state index in [1.54, 1.807) is 0 Å². The minimum absolute atomic E-state index is 0.649. The Morgan fingerprint density at radius 1 is 1.00 bits per heavy atom. The van der Waals surface area contributed by atoms with Crippen LogP contribution in [0.25, 0.3) is 22.5 Å². The average molecular weight is 294 g/mol. The summed E-state index contributed by atoms with van der Waals surface area (Å²) >= 11 is 0. The molecule has 0 spiro atoms. The molecular weight excluding hydrogens is 276 g/mol. The summed E-state index contributed by atoms with van der Waals surface area (Å²) in [6, 6.07) is 16.5. The topological polar surface area (TPSA) is 92.5 Å². The van der Waals surface area contributed by atoms with Gasteiger partial charge in [0.05, 0.1) is 0 Å². The van der Waals surface area contributed by atoms with Crippen LogP contribution in [0.3, 0.4) is 0 Å². The molecule has 0 fully saturated rings. The van der Waals surface area contributed by atoms with Gasteiger partial charge in [-0.1, -0.05) is 48.5 Å². The largest absolute Gasteiger partial charge is 0.329 e. The molecule has 1 aromatic heterocycles. The van der Waals surface area contributed by atoms with E-state index < -0.39 is 0 Å². The van der Waals surface area contributed by atoms with Gasteiger partial charge in [0.25, 0.3) is 0 Å². The van der Waals surface area contributed by atoms with Crippen LogP contribution in [0.15, 0.2) is 48.5 Å². The summed E-state index contributed by atoms with van der Waals surface area (Å²) in [6.07, 6.45) is 0. The van der Waals surface area contributed by atoms with Gasteiger partial charge in [-0.15, -0.1) is 5.10 Å². The second-order valence-electron chi connectivity index (χ2n) is 4.96. The molecule has 0 aliphatic heterocycles. The minimum Gasteiger partial charge on any atom is -0.329 e. The summed E-state index contributed by atoms with van der Waals surface area (Å²) in [4.78, 5) is 0. The highest BCUT2D eigenvalue weighted by Gasteiger charge is 2.09. The molecule has 3 aromatic rings. The van der Waals surface area contributed by atoms with Gasteiger partial charge in [-0.2, -0.15) is 0 Å². The molecule has 6 nitrogen and oxygen atoms in total. The third-order valence-electron chi connectivity index (χ3n) is 3.44. The lowest BCUT2D eigenvalue weighted by atomic mass is 9.98. The van der Waals surface area contributed by atoms with Crippen LogP contribution >= 0.6 is 0 Å². The number of nitrogens with zero attached hydrogens (tertiary/aromatic N) is 3. The van der Waals surface area contributed by atoms with E-state index in [2.05, 4.69) is 56.3 Å². The summed E-state index contributed by atoms with van der Waals surface area (Å²) < 4.78 is 0. The summed E-state index contributed by atoms with van der Waals surface area (Å²) in [5, 5.41) is 17.4. The molecule has 2 aromatic carbocycles. The molecule has 112 valence electrons. The Labute approximate surface area is 128 Å². The average Bonchev–Trinajstić information content (AvgIpc) is 3.10. The summed E-state index contributed by atoms with van der Waals surface area (Å²) in [7, 11) is 0. The molecule has 0 amide bonds. The van der Waals surface area contributed by atoms with Crippen LogP contribution in [0.1, 0.15) is 5.56 Å². The molecule has 0 unspecified atom stereocenters. The van der Waals surface area contributed by atoms with Crippen molar-refractivity contribution in [1.29, 1.82) is 0 Å². The van der Waals surface area contributed by atoms with Gasteiger partial charge in [-0.25, -0.2) is 5.10 Å². The van der Waals surface area contributed by atoms with Crippen molar-refractivity contribution < 1.29 is 0 Å². The van der Waals surface area contributed by atoms with E-state index >= 15 is 0 Å². The zero-order valence-electron chi connectivity index (χ0n) is 12.2. The van der Waals surface area contributed by atoms with Gasteiger partial charge in [-0.05, 0) is 27.1 Å². The number of aromatic nitrogens is 4. The van der Waals surface area contributed by atoms with Crippen molar-refractivity contribution in [2.75, 3.05) is 13.1 Å². The first kappa shape index (κ1) is 14.4. The third-order valence-corrected chi connectivity index (χ3v) is 3.44. The number of H-pyrrole nitrogens is 1. The van der Waals surface area contributed by atoms with Crippen LogP contribution in [0.4, 0.5) is 0 Å². The van der Waals surface area contributed by atoms with Crippen LogP contribution in [-0.4, -0.2) is 33.7 Å². The monoisotopic (exact) mass is 294 g/mol. The Kier molecular flexibility index (Phi) is 4.53. The van der Waals surface area contributed by atoms with Gasteiger partial charge in [0, 0.05) is 25.2 Å². The standard InChI is InChI=1S/C16H18N6/c17-9-10-18-11-12-5-7-13(8-6-12)14-3-1-2-4-15(14)16-19-21-22-20-16/h1-8,18H,9-11,17H2,(H,19,20,21,22). The molecule has 1 heterocycles. The molecule has 0 radical (unpaired) electrons. The van der Waals surface area contributed by atoms with E-state index in [1.807, 2.05) is 18.2 Å². The Morgan fingerprint density at radius 2 is 1.77 bits per heavy atom. The number of tetrazole rings is 1. The van der Waals surface area contributed by atoms with Crippen molar-refractivity contribution in [3.05, 3.63) is 54.1 Å². The highest BCUT2D eigenvalue weighted by molar-refractivity contribution is 5.80. The first-order chi connectivity index (χ1) is 10.9. The smallest absolute Gasteiger partial charge is 0.180 e. The van der Waals surface area contributed by atoms with Crippen LogP contribution in [0, 0.1) is 0 Å². The normalized spacial score (nSPS) is 10.8. The van der Waals surface area contributed by atoms with Crippen molar-refractivity contribution in [1.82, 2.24) is 25.9 Å². The Hall–Kier alpha value is -2.57. The molecule has 0 aliphatic carbocycles. The van der Waals surface area contributed by atoms with Crippen molar-refractivity contribution >= 4 is 0 Å². The summed E-state index contributed by atoms with van der Waals surface area (Å²) in [6.45, 7) is 2.30. The third kappa shape index (κ3) is 3.19. The fourth-order valence-corrected chi connectivity index (χ4v) is 2.35. The Morgan fingerprint density at radius 3 is 2.45 bits per heavy atom. The predicted molar refractivity (Wildman–Crippen MR) is 85.8 cm³/mol. The number of hydrogen-bond donors (Lipinski definition) is 3. The van der Waals surface area contributed by atoms with Gasteiger partial charge < -0.3 is 11.1 Å². The molecule has 6 heteroatoms. The molecule has 0 atom stereocenters.